The van der Waals surface area contributed by atoms with Crippen molar-refractivity contribution in [3.63, 3.8) is 0 Å². The van der Waals surface area contributed by atoms with E-state index in [4.69, 9.17) is 5.11 Å². The molecule has 0 radical (unpaired) electrons. The first kappa shape index (κ1) is 22.0. The minimum atomic E-state index is -1.10. The van der Waals surface area contributed by atoms with Crippen molar-refractivity contribution in [1.82, 2.24) is 4.90 Å². The van der Waals surface area contributed by atoms with Crippen molar-refractivity contribution >= 4 is 29.4 Å². The number of hydrogen-bond acceptors (Lipinski definition) is 6. The molecule has 4 aliphatic rings. The SMILES string of the molecule is CC1=CC(=O)C2=C(CC3C(=CCC4C(=O)N(CCC(=O)O)C(=O)C43)C2c2ccccc2O)C1=O. The molecule has 1 aromatic carbocycles. The quantitative estimate of drug-likeness (QED) is 0.400. The highest BCUT2D eigenvalue weighted by atomic mass is 16.4. The second-order valence-corrected chi connectivity index (χ2v) is 9.26. The molecule has 1 aromatic rings. The number of benzene rings is 1. The predicted molar refractivity (Wildman–Crippen MR) is 118 cm³/mol. The lowest BCUT2D eigenvalue weighted by atomic mass is 9.59. The molecule has 1 aliphatic heterocycles. The number of aliphatic carboxylic acids is 1. The van der Waals surface area contributed by atoms with E-state index in [0.29, 0.717) is 22.3 Å². The van der Waals surface area contributed by atoms with E-state index in [0.717, 1.165) is 10.5 Å². The minimum Gasteiger partial charge on any atom is -0.508 e. The van der Waals surface area contributed by atoms with Crippen molar-refractivity contribution in [1.29, 1.82) is 0 Å². The van der Waals surface area contributed by atoms with Crippen molar-refractivity contribution in [3.8, 4) is 5.75 Å². The van der Waals surface area contributed by atoms with Crippen molar-refractivity contribution in [3.05, 3.63) is 64.3 Å². The zero-order valence-electron chi connectivity index (χ0n) is 18.5. The van der Waals surface area contributed by atoms with Crippen LogP contribution in [0.4, 0.5) is 0 Å². The van der Waals surface area contributed by atoms with Crippen LogP contribution in [-0.4, -0.2) is 51.0 Å². The number of phenols is 1. The van der Waals surface area contributed by atoms with Crippen LogP contribution < -0.4 is 0 Å². The van der Waals surface area contributed by atoms with Gasteiger partial charge in [-0.3, -0.25) is 28.9 Å². The molecule has 8 heteroatoms. The Morgan fingerprint density at radius 1 is 1.09 bits per heavy atom. The van der Waals surface area contributed by atoms with Gasteiger partial charge in [0.1, 0.15) is 5.75 Å². The number of imide groups is 1. The molecule has 0 saturated carbocycles. The smallest absolute Gasteiger partial charge is 0.305 e. The van der Waals surface area contributed by atoms with E-state index in [1.807, 2.05) is 6.08 Å². The number of carbonyl (C=O) groups is 5. The Labute approximate surface area is 195 Å². The maximum Gasteiger partial charge on any atom is 0.305 e. The number of carbonyl (C=O) groups excluding carboxylic acids is 4. The molecule has 2 N–H and O–H groups in total. The van der Waals surface area contributed by atoms with E-state index in [9.17, 15) is 29.1 Å². The van der Waals surface area contributed by atoms with Gasteiger partial charge in [-0.15, -0.1) is 0 Å². The first-order valence-electron chi connectivity index (χ1n) is 11.3. The summed E-state index contributed by atoms with van der Waals surface area (Å²) in [6, 6.07) is 6.61. The number of carboxylic acids is 1. The number of Topliss-reactive ketones (excluding diaryl/α,β-unsaturated/α-hetero) is 1. The third-order valence-corrected chi connectivity index (χ3v) is 7.45. The van der Waals surface area contributed by atoms with Gasteiger partial charge < -0.3 is 10.2 Å². The van der Waals surface area contributed by atoms with Gasteiger partial charge in [0, 0.05) is 34.7 Å². The Bertz CT molecular complexity index is 1270. The van der Waals surface area contributed by atoms with Gasteiger partial charge in [-0.25, -0.2) is 0 Å². The first-order chi connectivity index (χ1) is 16.2. The summed E-state index contributed by atoms with van der Waals surface area (Å²) < 4.78 is 0. The van der Waals surface area contributed by atoms with Crippen LogP contribution in [0.25, 0.3) is 0 Å². The van der Waals surface area contributed by atoms with Crippen molar-refractivity contribution < 1.29 is 34.2 Å². The third kappa shape index (κ3) is 3.16. The summed E-state index contributed by atoms with van der Waals surface area (Å²) in [5, 5.41) is 19.7. The highest BCUT2D eigenvalue weighted by molar-refractivity contribution is 6.23. The standard InChI is InChI=1S/C26H23NO7/c1-12-10-19(29)23-17(24(12)32)11-16-13(21(23)14-4-2-3-5-18(14)28)6-7-15-22(16)26(34)27(25(15)33)9-8-20(30)31/h2-6,10,15-16,21-22,28H,7-9,11H2,1H3,(H,30,31). The lowest BCUT2D eigenvalue weighted by molar-refractivity contribution is -0.142. The van der Waals surface area contributed by atoms with Crippen molar-refractivity contribution in [2.75, 3.05) is 6.54 Å². The van der Waals surface area contributed by atoms with Crippen LogP contribution in [0.1, 0.15) is 37.7 Å². The number of fused-ring (bicyclic) bond motifs is 3. The summed E-state index contributed by atoms with van der Waals surface area (Å²) in [4.78, 5) is 64.7. The molecular formula is C26H23NO7. The fourth-order valence-corrected chi connectivity index (χ4v) is 5.96. The van der Waals surface area contributed by atoms with Gasteiger partial charge in [0.15, 0.2) is 11.6 Å². The maximum atomic E-state index is 13.4. The molecule has 1 fully saturated rings. The van der Waals surface area contributed by atoms with Crippen LogP contribution in [0.5, 0.6) is 5.75 Å². The molecule has 2 amide bonds. The molecule has 0 aromatic heterocycles. The van der Waals surface area contributed by atoms with E-state index < -0.39 is 41.5 Å². The number of amides is 2. The molecule has 5 rings (SSSR count). The largest absolute Gasteiger partial charge is 0.508 e. The van der Waals surface area contributed by atoms with Crippen LogP contribution in [0, 0.1) is 17.8 Å². The Hall–Kier alpha value is -3.81. The highest BCUT2D eigenvalue weighted by Gasteiger charge is 2.56. The zero-order valence-corrected chi connectivity index (χ0v) is 18.5. The number of carboxylic acid groups (broad SMARTS) is 1. The molecule has 4 unspecified atom stereocenters. The first-order valence-corrected chi connectivity index (χ1v) is 11.3. The molecule has 4 atom stereocenters. The Balaban J connectivity index is 1.63. The normalized spacial score (nSPS) is 28.3. The number of ketones is 2. The Morgan fingerprint density at radius 2 is 1.82 bits per heavy atom. The summed E-state index contributed by atoms with van der Waals surface area (Å²) in [5.74, 6) is -5.09. The monoisotopic (exact) mass is 461 g/mol. The molecule has 1 heterocycles. The highest BCUT2D eigenvalue weighted by Crippen LogP contribution is 2.55. The fraction of sp³-hybridized carbons (Fsp3) is 0.346. The molecule has 1 saturated heterocycles. The number of aromatic hydroxyl groups is 1. The van der Waals surface area contributed by atoms with Crippen LogP contribution in [-0.2, 0) is 24.0 Å². The number of allylic oxidation sites excluding steroid dienone is 6. The van der Waals surface area contributed by atoms with Gasteiger partial charge in [0.2, 0.25) is 11.8 Å². The molecular weight excluding hydrogens is 438 g/mol. The van der Waals surface area contributed by atoms with Crippen LogP contribution >= 0.6 is 0 Å². The number of phenolic OH excluding ortho intramolecular Hbond substituents is 1. The number of hydrogen-bond donors (Lipinski definition) is 2. The Kier molecular flexibility index (Phi) is 5.11. The lowest BCUT2D eigenvalue weighted by Crippen LogP contribution is -2.40. The molecule has 0 spiro atoms. The van der Waals surface area contributed by atoms with Crippen molar-refractivity contribution in [2.24, 2.45) is 17.8 Å². The predicted octanol–water partition coefficient (Wildman–Crippen LogP) is 2.30. The minimum absolute atomic E-state index is 0.0218. The van der Waals surface area contributed by atoms with Gasteiger partial charge in [0.25, 0.3) is 0 Å². The summed E-state index contributed by atoms with van der Waals surface area (Å²) in [6.45, 7) is 1.38. The second kappa shape index (κ2) is 7.90. The van der Waals surface area contributed by atoms with Gasteiger partial charge in [-0.1, -0.05) is 29.8 Å². The van der Waals surface area contributed by atoms with Gasteiger partial charge in [0.05, 0.1) is 18.3 Å². The van der Waals surface area contributed by atoms with Gasteiger partial charge in [-0.2, -0.15) is 0 Å². The Morgan fingerprint density at radius 3 is 2.53 bits per heavy atom. The van der Waals surface area contributed by atoms with Gasteiger partial charge in [-0.05, 0) is 37.8 Å². The average molecular weight is 461 g/mol. The fourth-order valence-electron chi connectivity index (χ4n) is 5.96. The van der Waals surface area contributed by atoms with Crippen LogP contribution in [0.2, 0.25) is 0 Å². The summed E-state index contributed by atoms with van der Waals surface area (Å²) in [6.07, 6.45) is 3.26. The van der Waals surface area contributed by atoms with Gasteiger partial charge >= 0.3 is 5.97 Å². The molecule has 0 bridgehead atoms. The average Bonchev–Trinajstić information content (AvgIpc) is 3.05. The zero-order chi connectivity index (χ0) is 24.3. The molecule has 8 nitrogen and oxygen atoms in total. The number of rotatable bonds is 4. The third-order valence-electron chi connectivity index (χ3n) is 7.45. The second-order valence-electron chi connectivity index (χ2n) is 9.26. The van der Waals surface area contributed by atoms with E-state index in [1.54, 1.807) is 25.1 Å². The summed E-state index contributed by atoms with van der Waals surface area (Å²) >= 11 is 0. The molecule has 3 aliphatic carbocycles. The van der Waals surface area contributed by atoms with Crippen LogP contribution in [0.3, 0.4) is 0 Å². The molecule has 34 heavy (non-hydrogen) atoms. The molecule has 174 valence electrons. The van der Waals surface area contributed by atoms with Crippen molar-refractivity contribution in [2.45, 2.75) is 32.1 Å². The van der Waals surface area contributed by atoms with E-state index in [2.05, 4.69) is 0 Å². The van der Waals surface area contributed by atoms with Crippen LogP contribution in [0.15, 0.2) is 58.7 Å². The number of likely N-dealkylation sites (tertiary alicyclic amines) is 1. The maximum absolute atomic E-state index is 13.4. The summed E-state index contributed by atoms with van der Waals surface area (Å²) in [5.41, 5.74) is 2.18. The topological polar surface area (TPSA) is 129 Å². The summed E-state index contributed by atoms with van der Waals surface area (Å²) in [7, 11) is 0. The number of para-hydroxylation sites is 1. The lowest BCUT2D eigenvalue weighted by Gasteiger charge is -2.42. The van der Waals surface area contributed by atoms with E-state index >= 15 is 0 Å². The number of nitrogens with zero attached hydrogens (tertiary/aromatic N) is 1. The van der Waals surface area contributed by atoms with E-state index in [-0.39, 0.29) is 43.1 Å². The van der Waals surface area contributed by atoms with E-state index in [1.165, 1.54) is 12.1 Å².